The van der Waals surface area contributed by atoms with Gasteiger partial charge in [-0.25, -0.2) is 0 Å². The van der Waals surface area contributed by atoms with Crippen LogP contribution in [-0.4, -0.2) is 62.6 Å². The zero-order valence-corrected chi connectivity index (χ0v) is 14.9. The molecule has 3 N–H and O–H groups in total. The van der Waals surface area contributed by atoms with Gasteiger partial charge in [0.15, 0.2) is 5.96 Å². The van der Waals surface area contributed by atoms with Crippen LogP contribution in [0, 0.1) is 0 Å². The van der Waals surface area contributed by atoms with Gasteiger partial charge in [0.1, 0.15) is 0 Å². The Morgan fingerprint density at radius 1 is 1.26 bits per heavy atom. The molecule has 6 nitrogen and oxygen atoms in total. The van der Waals surface area contributed by atoms with Crippen molar-refractivity contribution in [3.8, 4) is 0 Å². The fourth-order valence-electron chi connectivity index (χ4n) is 2.59. The van der Waals surface area contributed by atoms with Gasteiger partial charge in [-0.1, -0.05) is 19.1 Å². The smallest absolute Gasteiger partial charge is 0.234 e. The summed E-state index contributed by atoms with van der Waals surface area (Å²) in [7, 11) is 1.80. The number of amides is 1. The van der Waals surface area contributed by atoms with Crippen LogP contribution in [0.5, 0.6) is 0 Å². The first-order chi connectivity index (χ1) is 11.2. The van der Waals surface area contributed by atoms with Gasteiger partial charge in [0.2, 0.25) is 5.91 Å². The second-order valence-electron chi connectivity index (χ2n) is 5.90. The van der Waals surface area contributed by atoms with Crippen LogP contribution in [-0.2, 0) is 4.79 Å². The SMILES string of the molecule is C/C=C/CCNC(=NC)NC1CCN(CC(=O)NCCC)CC1. The third-order valence-electron chi connectivity index (χ3n) is 3.93. The molecule has 0 aromatic carbocycles. The van der Waals surface area contributed by atoms with Crippen LogP contribution in [0.2, 0.25) is 0 Å². The predicted molar refractivity (Wildman–Crippen MR) is 96.7 cm³/mol. The van der Waals surface area contributed by atoms with E-state index in [0.29, 0.717) is 12.6 Å². The molecule has 0 aromatic heterocycles. The van der Waals surface area contributed by atoms with E-state index < -0.39 is 0 Å². The summed E-state index contributed by atoms with van der Waals surface area (Å²) < 4.78 is 0. The molecule has 0 atom stereocenters. The number of carbonyl (C=O) groups is 1. The first kappa shape index (κ1) is 19.5. The minimum Gasteiger partial charge on any atom is -0.356 e. The molecule has 6 heteroatoms. The Balaban J connectivity index is 2.23. The highest BCUT2D eigenvalue weighted by Crippen LogP contribution is 2.09. The zero-order valence-electron chi connectivity index (χ0n) is 14.9. The number of piperidine rings is 1. The topological polar surface area (TPSA) is 68.8 Å². The lowest BCUT2D eigenvalue weighted by atomic mass is 10.1. The summed E-state index contributed by atoms with van der Waals surface area (Å²) in [5.41, 5.74) is 0. The maximum atomic E-state index is 11.7. The van der Waals surface area contributed by atoms with E-state index in [1.165, 1.54) is 0 Å². The molecule has 0 unspecified atom stereocenters. The quantitative estimate of drug-likeness (QED) is 0.271. The van der Waals surface area contributed by atoms with E-state index in [2.05, 4.69) is 44.9 Å². The van der Waals surface area contributed by atoms with E-state index in [-0.39, 0.29) is 5.91 Å². The maximum Gasteiger partial charge on any atom is 0.234 e. The van der Waals surface area contributed by atoms with Gasteiger partial charge in [0.05, 0.1) is 6.54 Å². The van der Waals surface area contributed by atoms with Gasteiger partial charge in [-0.2, -0.15) is 0 Å². The van der Waals surface area contributed by atoms with Gasteiger partial charge in [-0.15, -0.1) is 0 Å². The highest BCUT2D eigenvalue weighted by Gasteiger charge is 2.21. The lowest BCUT2D eigenvalue weighted by Gasteiger charge is -2.32. The number of nitrogens with one attached hydrogen (secondary N) is 3. The molecule has 0 saturated carbocycles. The Morgan fingerprint density at radius 3 is 2.61 bits per heavy atom. The van der Waals surface area contributed by atoms with Gasteiger partial charge in [-0.3, -0.25) is 14.7 Å². The second kappa shape index (κ2) is 11.9. The number of nitrogens with zero attached hydrogens (tertiary/aromatic N) is 2. The summed E-state index contributed by atoms with van der Waals surface area (Å²) in [4.78, 5) is 18.2. The van der Waals surface area contributed by atoms with Gasteiger partial charge in [0.25, 0.3) is 0 Å². The molecular weight excluding hydrogens is 290 g/mol. The van der Waals surface area contributed by atoms with Crippen LogP contribution < -0.4 is 16.0 Å². The highest BCUT2D eigenvalue weighted by atomic mass is 16.2. The first-order valence-electron chi connectivity index (χ1n) is 8.77. The molecule has 0 radical (unpaired) electrons. The number of guanidine groups is 1. The van der Waals surface area contributed by atoms with Crippen molar-refractivity contribution in [2.45, 2.75) is 45.6 Å². The fourth-order valence-corrected chi connectivity index (χ4v) is 2.59. The van der Waals surface area contributed by atoms with Gasteiger partial charge in [-0.05, 0) is 32.6 Å². The molecule has 1 aliphatic heterocycles. The van der Waals surface area contributed by atoms with Crippen LogP contribution in [0.3, 0.4) is 0 Å². The molecule has 1 saturated heterocycles. The Hall–Kier alpha value is -1.56. The normalized spacial score (nSPS) is 17.4. The molecule has 1 rings (SSSR count). The molecule has 1 amide bonds. The molecule has 0 bridgehead atoms. The van der Waals surface area contributed by atoms with Crippen LogP contribution in [0.15, 0.2) is 17.1 Å². The number of allylic oxidation sites excluding steroid dienone is 1. The molecule has 0 spiro atoms. The minimum atomic E-state index is 0.139. The van der Waals surface area contributed by atoms with Crippen LogP contribution in [0.4, 0.5) is 0 Å². The maximum absolute atomic E-state index is 11.7. The number of hydrogen-bond acceptors (Lipinski definition) is 3. The average Bonchev–Trinajstić information content (AvgIpc) is 2.57. The predicted octanol–water partition coefficient (Wildman–Crippen LogP) is 1.11. The highest BCUT2D eigenvalue weighted by molar-refractivity contribution is 5.80. The van der Waals surface area contributed by atoms with Gasteiger partial charge in [0, 0.05) is 39.3 Å². The Morgan fingerprint density at radius 2 is 2.00 bits per heavy atom. The Bertz CT molecular complexity index is 386. The van der Waals surface area contributed by atoms with Crippen LogP contribution >= 0.6 is 0 Å². The third-order valence-corrected chi connectivity index (χ3v) is 3.93. The van der Waals surface area contributed by atoms with E-state index in [1.807, 2.05) is 6.92 Å². The van der Waals surface area contributed by atoms with E-state index in [4.69, 9.17) is 0 Å². The molecule has 0 aromatic rings. The van der Waals surface area contributed by atoms with Crippen molar-refractivity contribution in [1.82, 2.24) is 20.9 Å². The van der Waals surface area contributed by atoms with Crippen molar-refractivity contribution in [2.75, 3.05) is 39.8 Å². The third kappa shape index (κ3) is 8.59. The summed E-state index contributed by atoms with van der Waals surface area (Å²) in [6, 6.07) is 0.429. The van der Waals surface area contributed by atoms with Crippen molar-refractivity contribution in [3.63, 3.8) is 0 Å². The van der Waals surface area contributed by atoms with E-state index in [9.17, 15) is 4.79 Å². The van der Waals surface area contributed by atoms with Crippen molar-refractivity contribution < 1.29 is 4.79 Å². The Kier molecular flexibility index (Phi) is 10.1. The molecule has 1 aliphatic rings. The van der Waals surface area contributed by atoms with Crippen molar-refractivity contribution in [2.24, 2.45) is 4.99 Å². The van der Waals surface area contributed by atoms with Crippen LogP contribution in [0.25, 0.3) is 0 Å². The van der Waals surface area contributed by atoms with Crippen molar-refractivity contribution in [3.05, 3.63) is 12.2 Å². The Labute approximate surface area is 140 Å². The molecule has 1 heterocycles. The van der Waals surface area contributed by atoms with E-state index >= 15 is 0 Å². The van der Waals surface area contributed by atoms with E-state index in [0.717, 1.165) is 57.8 Å². The number of carbonyl (C=O) groups excluding carboxylic acids is 1. The zero-order chi connectivity index (χ0) is 16.9. The largest absolute Gasteiger partial charge is 0.356 e. The van der Waals surface area contributed by atoms with Crippen molar-refractivity contribution in [1.29, 1.82) is 0 Å². The standard InChI is InChI=1S/C17H33N5O/c1-4-6-7-11-20-17(18-3)21-15-8-12-22(13-9-15)14-16(23)19-10-5-2/h4,6,15H,5,7-14H2,1-3H3,(H,19,23)(H2,18,20,21)/b6-4+. The average molecular weight is 323 g/mol. The molecule has 1 fully saturated rings. The summed E-state index contributed by atoms with van der Waals surface area (Å²) in [5, 5.41) is 9.74. The lowest BCUT2D eigenvalue weighted by Crippen LogP contribution is -2.50. The van der Waals surface area contributed by atoms with E-state index in [1.54, 1.807) is 7.05 Å². The minimum absolute atomic E-state index is 0.139. The molecular formula is C17H33N5O. The van der Waals surface area contributed by atoms with Gasteiger partial charge >= 0.3 is 0 Å². The molecule has 0 aliphatic carbocycles. The number of rotatable bonds is 8. The number of hydrogen-bond donors (Lipinski definition) is 3. The monoisotopic (exact) mass is 323 g/mol. The summed E-state index contributed by atoms with van der Waals surface area (Å²) in [5.74, 6) is 1.01. The summed E-state index contributed by atoms with van der Waals surface area (Å²) in [6.45, 7) is 8.18. The van der Waals surface area contributed by atoms with Gasteiger partial charge < -0.3 is 16.0 Å². The summed E-state index contributed by atoms with van der Waals surface area (Å²) in [6.07, 6.45) is 8.26. The fraction of sp³-hybridized carbons (Fsp3) is 0.765. The van der Waals surface area contributed by atoms with Crippen LogP contribution in [0.1, 0.15) is 39.5 Å². The first-order valence-corrected chi connectivity index (χ1v) is 8.77. The summed E-state index contributed by atoms with van der Waals surface area (Å²) >= 11 is 0. The number of likely N-dealkylation sites (tertiary alicyclic amines) is 1. The second-order valence-corrected chi connectivity index (χ2v) is 5.90. The van der Waals surface area contributed by atoms with Crippen molar-refractivity contribution >= 4 is 11.9 Å². The molecule has 132 valence electrons. The lowest BCUT2D eigenvalue weighted by molar-refractivity contribution is -0.122. The number of aliphatic imine (C=N–C) groups is 1. The molecule has 23 heavy (non-hydrogen) atoms.